The molecule has 28 heavy (non-hydrogen) atoms. The second-order valence-electron chi connectivity index (χ2n) is 6.73. The Bertz CT molecular complexity index is 805. The zero-order valence-electron chi connectivity index (χ0n) is 16.3. The number of amides is 1. The number of hydrogen-bond acceptors (Lipinski definition) is 3. The van der Waals surface area contributed by atoms with E-state index in [1.54, 1.807) is 7.05 Å². The van der Waals surface area contributed by atoms with Crippen LogP contribution in [0.2, 0.25) is 0 Å². The zero-order valence-corrected chi connectivity index (χ0v) is 16.3. The average Bonchev–Trinajstić information content (AvgIpc) is 3.19. The van der Waals surface area contributed by atoms with E-state index in [4.69, 9.17) is 4.74 Å². The van der Waals surface area contributed by atoms with E-state index in [9.17, 15) is 4.79 Å². The Hall–Kier alpha value is -3.02. The van der Waals surface area contributed by atoms with Crippen LogP contribution in [-0.2, 0) is 24.1 Å². The molecule has 1 aliphatic rings. The van der Waals surface area contributed by atoms with Gasteiger partial charge >= 0.3 is 0 Å². The number of ether oxygens (including phenoxy) is 1. The number of nitrogens with zero attached hydrogens (tertiary/aromatic N) is 1. The third kappa shape index (κ3) is 6.01. The molecule has 0 saturated carbocycles. The number of guanidine groups is 1. The van der Waals surface area contributed by atoms with Gasteiger partial charge in [-0.3, -0.25) is 9.79 Å². The Morgan fingerprint density at radius 1 is 1.00 bits per heavy atom. The Labute approximate surface area is 166 Å². The third-order valence-corrected chi connectivity index (χ3v) is 4.68. The normalized spacial score (nSPS) is 12.8. The minimum absolute atomic E-state index is 0.0440. The van der Waals surface area contributed by atoms with Crippen LogP contribution >= 0.6 is 0 Å². The van der Waals surface area contributed by atoms with Gasteiger partial charge in [0, 0.05) is 26.6 Å². The summed E-state index contributed by atoms with van der Waals surface area (Å²) in [6.45, 7) is 2.35. The van der Waals surface area contributed by atoms with Crippen molar-refractivity contribution in [1.82, 2.24) is 16.0 Å². The first kappa shape index (κ1) is 19.7. The summed E-state index contributed by atoms with van der Waals surface area (Å²) < 4.78 is 5.54. The molecule has 0 saturated heterocycles. The van der Waals surface area contributed by atoms with E-state index in [2.05, 4.69) is 45.2 Å². The molecule has 0 fully saturated rings. The molecule has 3 rings (SSSR count). The average molecular weight is 380 g/mol. The molecule has 0 spiro atoms. The van der Waals surface area contributed by atoms with Crippen LogP contribution in [0.4, 0.5) is 0 Å². The molecule has 0 radical (unpaired) electrons. The topological polar surface area (TPSA) is 74.8 Å². The monoisotopic (exact) mass is 380 g/mol. The second kappa shape index (κ2) is 10.3. The summed E-state index contributed by atoms with van der Waals surface area (Å²) >= 11 is 0. The zero-order chi connectivity index (χ0) is 19.6. The number of hydrogen-bond donors (Lipinski definition) is 3. The number of rotatable bonds is 8. The Kier molecular flexibility index (Phi) is 7.29. The van der Waals surface area contributed by atoms with Crippen LogP contribution < -0.4 is 20.7 Å². The molecule has 0 unspecified atom stereocenters. The summed E-state index contributed by atoms with van der Waals surface area (Å²) in [6.07, 6.45) is 2.70. The van der Waals surface area contributed by atoms with Gasteiger partial charge in [-0.05, 0) is 35.6 Å². The molecule has 148 valence electrons. The van der Waals surface area contributed by atoms with Crippen LogP contribution in [0.5, 0.6) is 5.75 Å². The van der Waals surface area contributed by atoms with E-state index in [1.807, 2.05) is 24.3 Å². The molecule has 2 aromatic carbocycles. The first-order valence-electron chi connectivity index (χ1n) is 9.74. The molecule has 3 N–H and O–H groups in total. The first-order chi connectivity index (χ1) is 13.7. The maximum Gasteiger partial charge on any atom is 0.239 e. The van der Waals surface area contributed by atoms with Crippen molar-refractivity contribution >= 4 is 11.9 Å². The predicted molar refractivity (Wildman–Crippen MR) is 112 cm³/mol. The molecule has 0 bridgehead atoms. The summed E-state index contributed by atoms with van der Waals surface area (Å²) in [5, 5.41) is 9.22. The van der Waals surface area contributed by atoms with Crippen molar-refractivity contribution in [3.63, 3.8) is 0 Å². The molecule has 0 aliphatic carbocycles. The van der Waals surface area contributed by atoms with E-state index < -0.39 is 0 Å². The molecule has 0 aromatic heterocycles. The number of benzene rings is 2. The van der Waals surface area contributed by atoms with Gasteiger partial charge in [-0.1, -0.05) is 42.5 Å². The van der Waals surface area contributed by atoms with Crippen molar-refractivity contribution in [2.75, 3.05) is 33.3 Å². The van der Waals surface area contributed by atoms with Crippen LogP contribution in [0, 0.1) is 0 Å². The van der Waals surface area contributed by atoms with Crippen LogP contribution in [0.1, 0.15) is 16.7 Å². The molecule has 6 heteroatoms. The summed E-state index contributed by atoms with van der Waals surface area (Å²) in [7, 11) is 1.70. The van der Waals surface area contributed by atoms with Gasteiger partial charge in [-0.2, -0.15) is 0 Å². The molecular weight excluding hydrogens is 352 g/mol. The fourth-order valence-electron chi connectivity index (χ4n) is 3.16. The fraction of sp³-hybridized carbons (Fsp3) is 0.364. The Balaban J connectivity index is 1.32. The minimum atomic E-state index is -0.0440. The number of nitrogens with one attached hydrogen (secondary N) is 3. The Morgan fingerprint density at radius 3 is 2.61 bits per heavy atom. The van der Waals surface area contributed by atoms with E-state index >= 15 is 0 Å². The summed E-state index contributed by atoms with van der Waals surface area (Å²) in [5.41, 5.74) is 3.77. The van der Waals surface area contributed by atoms with Crippen LogP contribution in [0.15, 0.2) is 53.5 Å². The van der Waals surface area contributed by atoms with Crippen molar-refractivity contribution in [3.8, 4) is 5.75 Å². The van der Waals surface area contributed by atoms with Gasteiger partial charge in [0.2, 0.25) is 5.91 Å². The molecule has 1 amide bonds. The summed E-state index contributed by atoms with van der Waals surface area (Å²) in [4.78, 5) is 16.2. The predicted octanol–water partition coefficient (Wildman–Crippen LogP) is 1.69. The number of carbonyl (C=O) groups is 1. The van der Waals surface area contributed by atoms with E-state index in [-0.39, 0.29) is 12.5 Å². The second-order valence-corrected chi connectivity index (χ2v) is 6.73. The van der Waals surface area contributed by atoms with Crippen LogP contribution in [0.3, 0.4) is 0 Å². The van der Waals surface area contributed by atoms with Gasteiger partial charge in [0.25, 0.3) is 0 Å². The minimum Gasteiger partial charge on any atom is -0.493 e. The standard InChI is InChI=1S/C22H28N4O2/c1-23-22(25-13-10-18-7-8-20-19(15-18)11-14-28-20)26-16-21(27)24-12-9-17-5-3-2-4-6-17/h2-8,15H,9-14,16H2,1H3,(H,24,27)(H2,23,25,26). The summed E-state index contributed by atoms with van der Waals surface area (Å²) in [5.74, 6) is 1.59. The van der Waals surface area contributed by atoms with Crippen molar-refractivity contribution in [3.05, 3.63) is 65.2 Å². The van der Waals surface area contributed by atoms with Gasteiger partial charge in [-0.15, -0.1) is 0 Å². The number of aliphatic imine (C=N–C) groups is 1. The number of carbonyl (C=O) groups excluding carboxylic acids is 1. The highest BCUT2D eigenvalue weighted by Crippen LogP contribution is 2.25. The van der Waals surface area contributed by atoms with E-state index in [0.29, 0.717) is 12.5 Å². The van der Waals surface area contributed by atoms with Gasteiger partial charge in [0.1, 0.15) is 5.75 Å². The van der Waals surface area contributed by atoms with E-state index in [1.165, 1.54) is 16.7 Å². The van der Waals surface area contributed by atoms with Gasteiger partial charge in [0.15, 0.2) is 5.96 Å². The largest absolute Gasteiger partial charge is 0.493 e. The lowest BCUT2D eigenvalue weighted by Gasteiger charge is -2.12. The Morgan fingerprint density at radius 2 is 1.79 bits per heavy atom. The smallest absolute Gasteiger partial charge is 0.239 e. The van der Waals surface area contributed by atoms with Crippen molar-refractivity contribution in [1.29, 1.82) is 0 Å². The maximum absolute atomic E-state index is 12.0. The number of fused-ring (bicyclic) bond motifs is 1. The highest BCUT2D eigenvalue weighted by atomic mass is 16.5. The molecule has 2 aromatic rings. The van der Waals surface area contributed by atoms with Crippen molar-refractivity contribution in [2.24, 2.45) is 4.99 Å². The van der Waals surface area contributed by atoms with Gasteiger partial charge in [-0.25, -0.2) is 0 Å². The van der Waals surface area contributed by atoms with Crippen molar-refractivity contribution < 1.29 is 9.53 Å². The van der Waals surface area contributed by atoms with Gasteiger partial charge < -0.3 is 20.7 Å². The van der Waals surface area contributed by atoms with Gasteiger partial charge in [0.05, 0.1) is 13.2 Å². The van der Waals surface area contributed by atoms with Crippen LogP contribution in [0.25, 0.3) is 0 Å². The lowest BCUT2D eigenvalue weighted by atomic mass is 10.1. The molecule has 6 nitrogen and oxygen atoms in total. The highest BCUT2D eigenvalue weighted by Gasteiger charge is 2.11. The lowest BCUT2D eigenvalue weighted by molar-refractivity contribution is -0.119. The van der Waals surface area contributed by atoms with Crippen LogP contribution in [-0.4, -0.2) is 45.2 Å². The lowest BCUT2D eigenvalue weighted by Crippen LogP contribution is -2.44. The quantitative estimate of drug-likeness (QED) is 0.481. The maximum atomic E-state index is 12.0. The first-order valence-corrected chi connectivity index (χ1v) is 9.74. The fourth-order valence-corrected chi connectivity index (χ4v) is 3.16. The van der Waals surface area contributed by atoms with Crippen molar-refractivity contribution in [2.45, 2.75) is 19.3 Å². The molecule has 0 atom stereocenters. The van der Waals surface area contributed by atoms with E-state index in [0.717, 1.165) is 38.2 Å². The molecular formula is C22H28N4O2. The molecule has 1 heterocycles. The third-order valence-electron chi connectivity index (χ3n) is 4.68. The summed E-state index contributed by atoms with van der Waals surface area (Å²) in [6, 6.07) is 16.5. The highest BCUT2D eigenvalue weighted by molar-refractivity contribution is 5.86. The SMILES string of the molecule is CN=C(NCCc1ccc2c(c1)CCO2)NCC(=O)NCCc1ccccc1. The molecule has 1 aliphatic heterocycles.